The zero-order valence-corrected chi connectivity index (χ0v) is 14.0. The molecule has 2 rings (SSSR count). The van der Waals surface area contributed by atoms with Gasteiger partial charge in [0.05, 0.1) is 18.6 Å². The molecule has 0 aliphatic carbocycles. The van der Waals surface area contributed by atoms with Gasteiger partial charge < -0.3 is 21.1 Å². The number of piperidine rings is 1. The lowest BCUT2D eigenvalue weighted by atomic mass is 9.89. The second-order valence-corrected chi connectivity index (χ2v) is 6.39. The van der Waals surface area contributed by atoms with Crippen molar-refractivity contribution in [2.24, 2.45) is 5.73 Å². The Balaban J connectivity index is 2.17. The molecule has 132 valence electrons. The van der Waals surface area contributed by atoms with Gasteiger partial charge in [-0.15, -0.1) is 0 Å². The molecule has 7 heteroatoms. The predicted molar refractivity (Wildman–Crippen MR) is 87.6 cm³/mol. The molecule has 1 saturated heterocycles. The number of benzene rings is 1. The first kappa shape index (κ1) is 18.2. The number of carbonyl (C=O) groups excluding carboxylic acids is 2. The van der Waals surface area contributed by atoms with Crippen LogP contribution in [0.15, 0.2) is 18.2 Å². The molecule has 1 aromatic carbocycles. The monoisotopic (exact) mass is 337 g/mol. The summed E-state index contributed by atoms with van der Waals surface area (Å²) < 4.78 is 13.4. The largest absolute Gasteiger partial charge is 0.393 e. The topological polar surface area (TPSA) is 95.7 Å². The molecule has 3 atom stereocenters. The quantitative estimate of drug-likeness (QED) is 0.779. The summed E-state index contributed by atoms with van der Waals surface area (Å²) in [6.45, 7) is 3.75. The Morgan fingerprint density at radius 2 is 2.21 bits per heavy atom. The van der Waals surface area contributed by atoms with Crippen LogP contribution in [0.25, 0.3) is 0 Å². The number of nitrogens with two attached hydrogens (primary N) is 1. The van der Waals surface area contributed by atoms with Gasteiger partial charge in [-0.3, -0.25) is 4.79 Å². The van der Waals surface area contributed by atoms with Crippen molar-refractivity contribution >= 4 is 11.9 Å². The van der Waals surface area contributed by atoms with Crippen LogP contribution in [-0.2, 0) is 4.79 Å². The van der Waals surface area contributed by atoms with Gasteiger partial charge in [0.1, 0.15) is 5.82 Å². The lowest BCUT2D eigenvalue weighted by molar-refractivity contribution is -0.123. The number of likely N-dealkylation sites (tertiary alicyclic amines) is 1. The molecule has 1 aromatic rings. The number of carbonyl (C=O) groups is 2. The van der Waals surface area contributed by atoms with Crippen LogP contribution in [0.3, 0.4) is 0 Å². The lowest BCUT2D eigenvalue weighted by Gasteiger charge is -2.39. The van der Waals surface area contributed by atoms with Gasteiger partial charge in [0.15, 0.2) is 0 Å². The summed E-state index contributed by atoms with van der Waals surface area (Å²) in [4.78, 5) is 25.2. The summed E-state index contributed by atoms with van der Waals surface area (Å²) >= 11 is 0. The first-order chi connectivity index (χ1) is 11.3. The zero-order valence-electron chi connectivity index (χ0n) is 14.0. The first-order valence-electron chi connectivity index (χ1n) is 8.07. The van der Waals surface area contributed by atoms with Gasteiger partial charge in [-0.05, 0) is 49.9 Å². The van der Waals surface area contributed by atoms with E-state index in [0.717, 1.165) is 11.1 Å². The number of aryl methyl sites for hydroxylation is 1. The Kier molecular flexibility index (Phi) is 5.77. The van der Waals surface area contributed by atoms with E-state index in [0.29, 0.717) is 19.4 Å². The molecular formula is C17H24FN3O3. The highest BCUT2D eigenvalue weighted by Crippen LogP contribution is 2.33. The number of nitrogens with zero attached hydrogens (tertiary/aromatic N) is 1. The highest BCUT2D eigenvalue weighted by molar-refractivity contribution is 5.77. The zero-order chi connectivity index (χ0) is 17.9. The van der Waals surface area contributed by atoms with Crippen molar-refractivity contribution in [2.45, 2.75) is 51.3 Å². The number of aliphatic hydroxyl groups excluding tert-OH is 1. The van der Waals surface area contributed by atoms with Crippen molar-refractivity contribution in [3.8, 4) is 0 Å². The van der Waals surface area contributed by atoms with Crippen LogP contribution in [0.4, 0.5) is 9.18 Å². The number of hydrogen-bond donors (Lipinski definition) is 3. The molecule has 4 N–H and O–H groups in total. The van der Waals surface area contributed by atoms with Crippen LogP contribution >= 0.6 is 0 Å². The molecule has 3 amide bonds. The summed E-state index contributed by atoms with van der Waals surface area (Å²) in [7, 11) is 0. The van der Waals surface area contributed by atoms with Gasteiger partial charge >= 0.3 is 6.03 Å². The second-order valence-electron chi connectivity index (χ2n) is 6.39. The van der Waals surface area contributed by atoms with Crippen LogP contribution in [0, 0.1) is 12.7 Å². The normalized spacial score (nSPS) is 22.1. The molecule has 0 aromatic heterocycles. The maximum absolute atomic E-state index is 13.4. The van der Waals surface area contributed by atoms with E-state index >= 15 is 0 Å². The van der Waals surface area contributed by atoms with E-state index in [4.69, 9.17) is 5.73 Å². The highest BCUT2D eigenvalue weighted by atomic mass is 19.1. The summed E-state index contributed by atoms with van der Waals surface area (Å²) in [5.41, 5.74) is 7.04. The van der Waals surface area contributed by atoms with Crippen LogP contribution < -0.4 is 11.1 Å². The summed E-state index contributed by atoms with van der Waals surface area (Å²) in [6.07, 6.45) is 0.425. The molecule has 1 fully saturated rings. The number of nitrogens with one attached hydrogen (secondary N) is 1. The summed E-state index contributed by atoms with van der Waals surface area (Å²) in [6, 6.07) is 3.47. The maximum Gasteiger partial charge on any atom is 0.315 e. The van der Waals surface area contributed by atoms with E-state index in [-0.39, 0.29) is 30.2 Å². The van der Waals surface area contributed by atoms with Gasteiger partial charge in [-0.1, -0.05) is 6.07 Å². The Bertz CT molecular complexity index is 621. The minimum absolute atomic E-state index is 0.0380. The minimum atomic E-state index is -0.703. The number of amides is 3. The molecule has 24 heavy (non-hydrogen) atoms. The van der Waals surface area contributed by atoms with E-state index < -0.39 is 12.1 Å². The van der Waals surface area contributed by atoms with Gasteiger partial charge in [-0.2, -0.15) is 0 Å². The Labute approximate surface area is 140 Å². The van der Waals surface area contributed by atoms with Crippen molar-refractivity contribution in [1.82, 2.24) is 10.2 Å². The van der Waals surface area contributed by atoms with Gasteiger partial charge in [0.2, 0.25) is 5.91 Å². The van der Waals surface area contributed by atoms with Crippen molar-refractivity contribution in [3.63, 3.8) is 0 Å². The number of rotatable bonds is 4. The van der Waals surface area contributed by atoms with E-state index in [1.165, 1.54) is 12.1 Å². The average molecular weight is 337 g/mol. The third kappa shape index (κ3) is 4.44. The third-order valence-electron chi connectivity index (χ3n) is 4.32. The van der Waals surface area contributed by atoms with Crippen LogP contribution in [-0.4, -0.2) is 40.6 Å². The maximum atomic E-state index is 13.4. The molecule has 0 spiro atoms. The van der Waals surface area contributed by atoms with Crippen LogP contribution in [0.1, 0.15) is 43.4 Å². The molecule has 2 unspecified atom stereocenters. The van der Waals surface area contributed by atoms with Crippen LogP contribution in [0.2, 0.25) is 0 Å². The molecule has 1 aliphatic rings. The summed E-state index contributed by atoms with van der Waals surface area (Å²) in [5.74, 6) is -0.559. The Morgan fingerprint density at radius 3 is 2.79 bits per heavy atom. The fourth-order valence-corrected chi connectivity index (χ4v) is 3.22. The minimum Gasteiger partial charge on any atom is -0.393 e. The second kappa shape index (κ2) is 7.61. The van der Waals surface area contributed by atoms with Crippen molar-refractivity contribution in [3.05, 3.63) is 35.1 Å². The molecule has 0 bridgehead atoms. The Morgan fingerprint density at radius 1 is 1.50 bits per heavy atom. The van der Waals surface area contributed by atoms with Crippen molar-refractivity contribution in [1.29, 1.82) is 0 Å². The Hall–Kier alpha value is -2.15. The van der Waals surface area contributed by atoms with Gasteiger partial charge in [-0.25, -0.2) is 9.18 Å². The number of hydrogen-bond acceptors (Lipinski definition) is 3. The van der Waals surface area contributed by atoms with Crippen LogP contribution in [0.5, 0.6) is 0 Å². The SMILES string of the molecule is Cc1cc(F)ccc1C1CC(NC(=O)C[C@H](C)O)CCN1C(N)=O. The molecule has 0 radical (unpaired) electrons. The standard InChI is InChI=1S/C17H24FN3O3/c1-10-7-12(18)3-4-14(10)15-9-13(5-6-21(15)17(19)24)20-16(23)8-11(2)22/h3-4,7,11,13,15,22H,5-6,8-9H2,1-2H3,(H2,19,24)(H,20,23)/t11-,13?,15?/m0/s1. The molecule has 1 heterocycles. The van der Waals surface area contributed by atoms with E-state index in [1.807, 2.05) is 0 Å². The smallest absolute Gasteiger partial charge is 0.315 e. The molecular weight excluding hydrogens is 313 g/mol. The first-order valence-corrected chi connectivity index (χ1v) is 8.07. The number of primary amides is 1. The molecule has 1 aliphatic heterocycles. The van der Waals surface area contributed by atoms with Gasteiger partial charge in [0, 0.05) is 12.6 Å². The predicted octanol–water partition coefficient (Wildman–Crippen LogP) is 1.61. The highest BCUT2D eigenvalue weighted by Gasteiger charge is 2.33. The van der Waals surface area contributed by atoms with E-state index in [1.54, 1.807) is 24.8 Å². The fourth-order valence-electron chi connectivity index (χ4n) is 3.22. The lowest BCUT2D eigenvalue weighted by Crippen LogP contribution is -2.50. The van der Waals surface area contributed by atoms with Crippen molar-refractivity contribution < 1.29 is 19.1 Å². The molecule has 6 nitrogen and oxygen atoms in total. The van der Waals surface area contributed by atoms with Crippen molar-refractivity contribution in [2.75, 3.05) is 6.54 Å². The van der Waals surface area contributed by atoms with E-state index in [2.05, 4.69) is 5.32 Å². The molecule has 0 saturated carbocycles. The number of aliphatic hydroxyl groups is 1. The number of halogens is 1. The van der Waals surface area contributed by atoms with E-state index in [9.17, 15) is 19.1 Å². The fraction of sp³-hybridized carbons (Fsp3) is 0.529. The summed E-state index contributed by atoms with van der Waals surface area (Å²) in [5, 5.41) is 12.2. The number of urea groups is 1. The average Bonchev–Trinajstić information content (AvgIpc) is 2.45. The van der Waals surface area contributed by atoms with Gasteiger partial charge in [0.25, 0.3) is 0 Å². The third-order valence-corrected chi connectivity index (χ3v) is 4.32.